The van der Waals surface area contributed by atoms with Gasteiger partial charge in [-0.05, 0) is 13.0 Å². The van der Waals surface area contributed by atoms with Gasteiger partial charge in [-0.3, -0.25) is 9.59 Å². The van der Waals surface area contributed by atoms with Crippen LogP contribution in [0.2, 0.25) is 0 Å². The van der Waals surface area contributed by atoms with Crippen LogP contribution in [0.4, 0.5) is 14.5 Å². The number of anilines is 1. The van der Waals surface area contributed by atoms with E-state index < -0.39 is 23.3 Å². The zero-order valence-corrected chi connectivity index (χ0v) is 9.04. The Morgan fingerprint density at radius 3 is 2.65 bits per heavy atom. The van der Waals surface area contributed by atoms with Gasteiger partial charge in [0.15, 0.2) is 0 Å². The number of fused-ring (bicyclic) bond motifs is 1. The fourth-order valence-corrected chi connectivity index (χ4v) is 1.73. The average molecular weight is 237 g/mol. The second-order valence-corrected chi connectivity index (χ2v) is 3.60. The molecule has 0 N–H and O–H groups in total. The van der Waals surface area contributed by atoms with Crippen LogP contribution in [0.25, 0.3) is 0 Å². The minimum Gasteiger partial charge on any atom is -0.301 e. The lowest BCUT2D eigenvalue weighted by Crippen LogP contribution is -2.29. The third kappa shape index (κ3) is 1.73. The molecule has 0 spiro atoms. The molecule has 1 aliphatic rings. The molecule has 3 nitrogen and oxygen atoms in total. The fourth-order valence-electron chi connectivity index (χ4n) is 1.73. The normalized spacial score (nSPS) is 14.9. The zero-order valence-electron chi connectivity index (χ0n) is 9.04. The molecule has 0 saturated heterocycles. The van der Waals surface area contributed by atoms with E-state index in [1.807, 2.05) is 0 Å². The summed E-state index contributed by atoms with van der Waals surface area (Å²) in [6, 6.07) is 1.59. The van der Waals surface area contributed by atoms with Crippen LogP contribution in [0.1, 0.15) is 17.3 Å². The number of carbonyl (C=O) groups excluding carboxylic acids is 2. The molecule has 0 bridgehead atoms. The molecule has 5 heteroatoms. The van der Waals surface area contributed by atoms with E-state index >= 15 is 0 Å². The van der Waals surface area contributed by atoms with Gasteiger partial charge >= 0.3 is 0 Å². The zero-order chi connectivity index (χ0) is 12.6. The van der Waals surface area contributed by atoms with Crippen molar-refractivity contribution in [3.05, 3.63) is 41.5 Å². The Bertz CT molecular complexity index is 538. The first-order chi connectivity index (χ1) is 8.06. The van der Waals surface area contributed by atoms with Crippen LogP contribution >= 0.6 is 0 Å². The molecule has 1 heterocycles. The smallest absolute Gasteiger partial charge is 0.299 e. The summed E-state index contributed by atoms with van der Waals surface area (Å²) in [5.74, 6) is -3.57. The summed E-state index contributed by atoms with van der Waals surface area (Å²) < 4.78 is 26.5. The van der Waals surface area contributed by atoms with Crippen molar-refractivity contribution >= 4 is 17.4 Å². The lowest BCUT2D eigenvalue weighted by Gasteiger charge is -2.13. The molecule has 2 rings (SSSR count). The highest BCUT2D eigenvalue weighted by molar-refractivity contribution is 6.52. The van der Waals surface area contributed by atoms with Crippen molar-refractivity contribution in [1.82, 2.24) is 0 Å². The summed E-state index contributed by atoms with van der Waals surface area (Å²) in [4.78, 5) is 24.2. The van der Waals surface area contributed by atoms with E-state index in [2.05, 4.69) is 0 Å². The lowest BCUT2D eigenvalue weighted by molar-refractivity contribution is -0.114. The van der Waals surface area contributed by atoms with Crippen molar-refractivity contribution in [3.63, 3.8) is 0 Å². The Kier molecular flexibility index (Phi) is 2.75. The summed E-state index contributed by atoms with van der Waals surface area (Å²) in [6.45, 7) is 1.87. The van der Waals surface area contributed by atoms with E-state index in [4.69, 9.17) is 0 Å². The lowest BCUT2D eigenvalue weighted by atomic mass is 10.1. The number of benzene rings is 1. The Morgan fingerprint density at radius 1 is 1.29 bits per heavy atom. The molecule has 0 aromatic heterocycles. The Hall–Kier alpha value is -2.04. The van der Waals surface area contributed by atoms with E-state index in [0.717, 1.165) is 11.0 Å². The largest absolute Gasteiger partial charge is 0.301 e. The predicted molar refractivity (Wildman–Crippen MR) is 57.9 cm³/mol. The molecule has 0 saturated carbocycles. The van der Waals surface area contributed by atoms with Gasteiger partial charge in [0, 0.05) is 12.6 Å². The number of amides is 1. The minimum absolute atomic E-state index is 0.00407. The maximum Gasteiger partial charge on any atom is 0.299 e. The maximum absolute atomic E-state index is 13.4. The fraction of sp³-hybridized carbons (Fsp3) is 0.167. The Balaban J connectivity index is 2.55. The van der Waals surface area contributed by atoms with Crippen LogP contribution in [-0.2, 0) is 4.79 Å². The van der Waals surface area contributed by atoms with E-state index in [0.29, 0.717) is 6.07 Å². The van der Waals surface area contributed by atoms with E-state index in [1.165, 1.54) is 0 Å². The molecule has 1 amide bonds. The molecule has 1 aromatic rings. The second-order valence-electron chi connectivity index (χ2n) is 3.60. The topological polar surface area (TPSA) is 37.4 Å². The molecular formula is C12H9F2NO2. The van der Waals surface area contributed by atoms with Crippen LogP contribution in [0.5, 0.6) is 0 Å². The minimum atomic E-state index is -0.999. The summed E-state index contributed by atoms with van der Waals surface area (Å²) in [7, 11) is 0. The van der Waals surface area contributed by atoms with Gasteiger partial charge in [-0.25, -0.2) is 8.78 Å². The van der Waals surface area contributed by atoms with E-state index in [-0.39, 0.29) is 17.8 Å². The van der Waals surface area contributed by atoms with Crippen LogP contribution in [0.3, 0.4) is 0 Å². The van der Waals surface area contributed by atoms with Gasteiger partial charge < -0.3 is 4.90 Å². The molecule has 0 aliphatic carbocycles. The summed E-state index contributed by atoms with van der Waals surface area (Å²) >= 11 is 0. The molecular weight excluding hydrogens is 228 g/mol. The third-order valence-electron chi connectivity index (χ3n) is 2.52. The molecule has 0 atom stereocenters. The number of hydrogen-bond acceptors (Lipinski definition) is 2. The molecule has 1 aromatic carbocycles. The van der Waals surface area contributed by atoms with Crippen molar-refractivity contribution in [2.45, 2.75) is 6.92 Å². The van der Waals surface area contributed by atoms with Crippen molar-refractivity contribution in [2.24, 2.45) is 0 Å². The molecule has 0 unspecified atom stereocenters. The van der Waals surface area contributed by atoms with Crippen molar-refractivity contribution in [3.8, 4) is 0 Å². The summed E-state index contributed by atoms with van der Waals surface area (Å²) in [6.07, 6.45) is 3.31. The van der Waals surface area contributed by atoms with Gasteiger partial charge in [0.25, 0.3) is 11.7 Å². The third-order valence-corrected chi connectivity index (χ3v) is 2.52. The monoisotopic (exact) mass is 237 g/mol. The van der Waals surface area contributed by atoms with Crippen LogP contribution in [0, 0.1) is 11.6 Å². The van der Waals surface area contributed by atoms with Gasteiger partial charge in [-0.15, -0.1) is 0 Å². The first-order valence-electron chi connectivity index (χ1n) is 5.02. The van der Waals surface area contributed by atoms with Gasteiger partial charge in [0.2, 0.25) is 0 Å². The van der Waals surface area contributed by atoms with E-state index in [1.54, 1.807) is 19.1 Å². The molecule has 1 aliphatic heterocycles. The summed E-state index contributed by atoms with van der Waals surface area (Å²) in [5.41, 5.74) is -0.350. The summed E-state index contributed by atoms with van der Waals surface area (Å²) in [5, 5.41) is 0. The number of halogens is 2. The molecule has 88 valence electrons. The first-order valence-corrected chi connectivity index (χ1v) is 5.02. The van der Waals surface area contributed by atoms with Gasteiger partial charge in [0.1, 0.15) is 11.6 Å². The van der Waals surface area contributed by atoms with Crippen molar-refractivity contribution in [1.29, 1.82) is 0 Å². The van der Waals surface area contributed by atoms with Gasteiger partial charge in [-0.2, -0.15) is 0 Å². The number of carbonyl (C=O) groups is 2. The van der Waals surface area contributed by atoms with Gasteiger partial charge in [-0.1, -0.05) is 12.2 Å². The van der Waals surface area contributed by atoms with Crippen LogP contribution in [0.15, 0.2) is 24.3 Å². The predicted octanol–water partition coefficient (Wildman–Crippen LogP) is 2.07. The number of rotatable bonds is 2. The second kappa shape index (κ2) is 4.08. The van der Waals surface area contributed by atoms with Crippen molar-refractivity contribution in [2.75, 3.05) is 11.4 Å². The SMILES string of the molecule is C/C=C/CN1C(=O)C(=O)c2c(F)cc(F)cc21. The standard InChI is InChI=1S/C12H9F2NO2/c1-2-3-4-15-9-6-7(13)5-8(14)10(9)11(16)12(15)17/h2-3,5-6H,4H2,1H3/b3-2+. The van der Waals surface area contributed by atoms with Crippen LogP contribution in [-0.4, -0.2) is 18.2 Å². The highest BCUT2D eigenvalue weighted by Gasteiger charge is 2.38. The van der Waals surface area contributed by atoms with Gasteiger partial charge in [0.05, 0.1) is 11.3 Å². The molecule has 17 heavy (non-hydrogen) atoms. The molecule has 0 radical (unpaired) electrons. The number of hydrogen-bond donors (Lipinski definition) is 0. The number of ketones is 1. The quantitative estimate of drug-likeness (QED) is 0.583. The Labute approximate surface area is 96.3 Å². The number of nitrogens with zero attached hydrogens (tertiary/aromatic N) is 1. The highest BCUT2D eigenvalue weighted by atomic mass is 19.1. The van der Waals surface area contributed by atoms with Crippen molar-refractivity contribution < 1.29 is 18.4 Å². The molecule has 0 fully saturated rings. The van der Waals surface area contributed by atoms with Crippen LogP contribution < -0.4 is 4.90 Å². The highest BCUT2D eigenvalue weighted by Crippen LogP contribution is 2.31. The number of allylic oxidation sites excluding steroid dienone is 1. The average Bonchev–Trinajstić information content (AvgIpc) is 2.49. The maximum atomic E-state index is 13.4. The Morgan fingerprint density at radius 2 is 2.00 bits per heavy atom. The first kappa shape index (κ1) is 11.4. The van der Waals surface area contributed by atoms with E-state index in [9.17, 15) is 18.4 Å². The number of Topliss-reactive ketones (excluding diaryl/α,β-unsaturated/α-hetero) is 1.